The number of aliphatic hydroxyl groups is 1. The van der Waals surface area contributed by atoms with Crippen molar-refractivity contribution < 1.29 is 29.2 Å². The van der Waals surface area contributed by atoms with Crippen molar-refractivity contribution in [2.75, 3.05) is 0 Å². The predicted molar refractivity (Wildman–Crippen MR) is 116 cm³/mol. The highest BCUT2D eigenvalue weighted by Gasteiger charge is 2.60. The Kier molecular flexibility index (Phi) is 6.70. The number of β-lactam (4-membered cyclic amide) rings is 1. The number of nitro benzene ring substituents is 1. The molecule has 0 spiro atoms. The van der Waals surface area contributed by atoms with E-state index in [2.05, 4.69) is 5.32 Å². The Balaban J connectivity index is 1.76. The molecule has 170 valence electrons. The van der Waals surface area contributed by atoms with Gasteiger partial charge in [0.15, 0.2) is 0 Å². The molecule has 2 atom stereocenters. The topological polar surface area (TPSA) is 139 Å². The van der Waals surface area contributed by atoms with Crippen molar-refractivity contribution in [2.45, 2.75) is 45.4 Å². The van der Waals surface area contributed by atoms with Crippen LogP contribution in [0.2, 0.25) is 0 Å². The van der Waals surface area contributed by atoms with E-state index < -0.39 is 22.4 Å². The third-order valence-electron chi connectivity index (χ3n) is 5.16. The maximum atomic E-state index is 12.9. The molecule has 0 radical (unpaired) electrons. The van der Waals surface area contributed by atoms with Gasteiger partial charge in [-0.2, -0.15) is 0 Å². The van der Waals surface area contributed by atoms with Crippen molar-refractivity contribution in [3.8, 4) is 0 Å². The molecule has 32 heavy (non-hydrogen) atoms. The monoisotopic (exact) mass is 461 g/mol. The van der Waals surface area contributed by atoms with Gasteiger partial charge in [0.2, 0.25) is 11.8 Å². The van der Waals surface area contributed by atoms with Crippen LogP contribution in [0.1, 0.15) is 32.8 Å². The van der Waals surface area contributed by atoms with Crippen molar-refractivity contribution in [3.05, 3.63) is 62.2 Å². The highest BCUT2D eigenvalue weighted by Crippen LogP contribution is 2.49. The molecule has 2 heterocycles. The lowest BCUT2D eigenvalue weighted by Crippen LogP contribution is -2.65. The van der Waals surface area contributed by atoms with Gasteiger partial charge in [-0.25, -0.2) is 4.79 Å². The fourth-order valence-electron chi connectivity index (χ4n) is 3.74. The summed E-state index contributed by atoms with van der Waals surface area (Å²) in [7, 11) is 0. The molecule has 2 N–H and O–H groups in total. The first-order valence-electron chi connectivity index (χ1n) is 9.78. The van der Waals surface area contributed by atoms with E-state index in [9.17, 15) is 29.6 Å². The van der Waals surface area contributed by atoms with Crippen LogP contribution in [0.4, 0.5) is 5.69 Å². The molecule has 2 aliphatic heterocycles. The van der Waals surface area contributed by atoms with Crippen LogP contribution >= 0.6 is 11.8 Å². The fraction of sp³-hybridized carbons (Fsp3) is 0.381. The van der Waals surface area contributed by atoms with E-state index in [0.29, 0.717) is 16.9 Å². The number of amides is 2. The molecular weight excluding hydrogens is 438 g/mol. The molecule has 2 aliphatic rings. The van der Waals surface area contributed by atoms with Crippen molar-refractivity contribution in [1.82, 2.24) is 10.2 Å². The number of benzene rings is 1. The summed E-state index contributed by atoms with van der Waals surface area (Å²) in [4.78, 5) is 48.8. The Hall–Kier alpha value is -3.18. The molecule has 0 bridgehead atoms. The van der Waals surface area contributed by atoms with Crippen molar-refractivity contribution in [1.29, 1.82) is 0 Å². The van der Waals surface area contributed by atoms with Gasteiger partial charge in [0.1, 0.15) is 12.3 Å². The lowest BCUT2D eigenvalue weighted by atomic mass is 9.76. The van der Waals surface area contributed by atoms with Crippen molar-refractivity contribution >= 4 is 35.2 Å². The summed E-state index contributed by atoms with van der Waals surface area (Å²) in [5.41, 5.74) is -0.643. The normalized spacial score (nSPS) is 20.2. The average molecular weight is 461 g/mol. The number of non-ortho nitro benzene ring substituents is 1. The minimum Gasteiger partial charge on any atom is -0.456 e. The Morgan fingerprint density at radius 3 is 2.59 bits per heavy atom. The number of hydrogen-bond acceptors (Lipinski definition) is 8. The third kappa shape index (κ3) is 4.83. The molecule has 1 aromatic carbocycles. The van der Waals surface area contributed by atoms with Gasteiger partial charge in [-0.3, -0.25) is 19.7 Å². The summed E-state index contributed by atoms with van der Waals surface area (Å²) in [6.07, 6.45) is 1.81. The highest BCUT2D eigenvalue weighted by molar-refractivity contribution is 8.05. The maximum Gasteiger partial charge on any atom is 0.356 e. The molecule has 0 saturated carbocycles. The van der Waals surface area contributed by atoms with Crippen molar-refractivity contribution in [3.63, 3.8) is 0 Å². The summed E-state index contributed by atoms with van der Waals surface area (Å²) in [5, 5.41) is 25.2. The van der Waals surface area contributed by atoms with Crippen LogP contribution in [-0.2, 0) is 25.7 Å². The molecule has 10 nitrogen and oxygen atoms in total. The number of thioether (sulfide) groups is 1. The lowest BCUT2D eigenvalue weighted by molar-refractivity contribution is -0.384. The fourth-order valence-corrected chi connectivity index (χ4v) is 4.60. The number of carbonyl (C=O) groups is 3. The smallest absolute Gasteiger partial charge is 0.356 e. The number of carbonyl (C=O) groups excluding carboxylic acids is 3. The number of hydrogen-bond donors (Lipinski definition) is 2. The number of rotatable bonds is 8. The Bertz CT molecular complexity index is 1010. The molecule has 2 amide bonds. The second kappa shape index (κ2) is 9.13. The van der Waals surface area contributed by atoms with E-state index in [1.165, 1.54) is 54.1 Å². The van der Waals surface area contributed by atoms with Crippen LogP contribution < -0.4 is 5.32 Å². The number of esters is 1. The number of fused-ring (bicyclic) bond motifs is 1. The first kappa shape index (κ1) is 23.5. The second-order valence-electron chi connectivity index (χ2n) is 8.00. The standard InChI is InChI=1S/C21H23N3O7S/c1-12(25)22-8-9-32-16-10-15-17(21(2,3)28)19(26)23(15)18(16)20(27)31-11-13-4-6-14(7-5-13)24(29)30/h4-9,15,17,28H,10-11H2,1-3H3,(H,22,25)/b9-8+/t15-,17-/m0/s1. The first-order chi connectivity index (χ1) is 15.0. The summed E-state index contributed by atoms with van der Waals surface area (Å²) < 4.78 is 5.38. The van der Waals surface area contributed by atoms with Gasteiger partial charge < -0.3 is 20.1 Å². The molecule has 0 aromatic heterocycles. The van der Waals surface area contributed by atoms with E-state index in [4.69, 9.17) is 4.74 Å². The summed E-state index contributed by atoms with van der Waals surface area (Å²) >= 11 is 1.18. The van der Waals surface area contributed by atoms with E-state index in [1.807, 2.05) is 0 Å². The number of nitrogens with one attached hydrogen (secondary N) is 1. The van der Waals surface area contributed by atoms with Gasteiger partial charge >= 0.3 is 5.97 Å². The number of ether oxygens (including phenoxy) is 1. The Morgan fingerprint density at radius 1 is 1.38 bits per heavy atom. The number of nitrogens with zero attached hydrogens (tertiary/aromatic N) is 2. The van der Waals surface area contributed by atoms with E-state index >= 15 is 0 Å². The van der Waals surface area contributed by atoms with Gasteiger partial charge in [0.25, 0.3) is 5.69 Å². The highest BCUT2D eigenvalue weighted by atomic mass is 32.2. The summed E-state index contributed by atoms with van der Waals surface area (Å²) in [5.74, 6) is -1.95. The van der Waals surface area contributed by atoms with Gasteiger partial charge in [0, 0.05) is 36.6 Å². The van der Waals surface area contributed by atoms with Crippen LogP contribution in [0, 0.1) is 16.0 Å². The van der Waals surface area contributed by atoms with Crippen LogP contribution in [0.15, 0.2) is 46.5 Å². The molecule has 1 aromatic rings. The zero-order valence-corrected chi connectivity index (χ0v) is 18.5. The van der Waals surface area contributed by atoms with Crippen LogP contribution in [0.5, 0.6) is 0 Å². The molecule has 0 unspecified atom stereocenters. The van der Waals surface area contributed by atoms with Gasteiger partial charge in [-0.15, -0.1) is 0 Å². The van der Waals surface area contributed by atoms with E-state index in [1.54, 1.807) is 19.3 Å². The average Bonchev–Trinajstić information content (AvgIpc) is 3.02. The number of nitro groups is 1. The third-order valence-corrected chi connectivity index (χ3v) is 6.07. The molecule has 3 rings (SSSR count). The lowest BCUT2D eigenvalue weighted by Gasteiger charge is -2.48. The maximum absolute atomic E-state index is 12.9. The molecule has 0 aliphatic carbocycles. The largest absolute Gasteiger partial charge is 0.456 e. The zero-order valence-electron chi connectivity index (χ0n) is 17.7. The molecule has 1 saturated heterocycles. The van der Waals surface area contributed by atoms with Gasteiger partial charge in [-0.05, 0) is 37.0 Å². The summed E-state index contributed by atoms with van der Waals surface area (Å²) in [6.45, 7) is 4.35. The summed E-state index contributed by atoms with van der Waals surface area (Å²) in [6, 6.07) is 5.25. The van der Waals surface area contributed by atoms with Gasteiger partial charge in [-0.1, -0.05) is 11.8 Å². The van der Waals surface area contributed by atoms with Crippen LogP contribution in [0.25, 0.3) is 0 Å². The van der Waals surface area contributed by atoms with Crippen LogP contribution in [0.3, 0.4) is 0 Å². The predicted octanol–water partition coefficient (Wildman–Crippen LogP) is 2.19. The first-order valence-corrected chi connectivity index (χ1v) is 10.7. The minimum atomic E-state index is -1.24. The molecular formula is C21H23N3O7S. The van der Waals surface area contributed by atoms with Gasteiger partial charge in [0.05, 0.1) is 22.5 Å². The van der Waals surface area contributed by atoms with E-state index in [0.717, 1.165) is 0 Å². The Labute approximate surface area is 188 Å². The second-order valence-corrected chi connectivity index (χ2v) is 9.00. The Morgan fingerprint density at radius 2 is 2.03 bits per heavy atom. The zero-order chi connectivity index (χ0) is 23.6. The molecule has 11 heteroatoms. The minimum absolute atomic E-state index is 0.0742. The van der Waals surface area contributed by atoms with E-state index in [-0.39, 0.29) is 35.8 Å². The van der Waals surface area contributed by atoms with Crippen molar-refractivity contribution in [2.24, 2.45) is 5.92 Å². The van der Waals surface area contributed by atoms with Crippen LogP contribution in [-0.4, -0.2) is 44.4 Å². The molecule has 1 fully saturated rings. The SMILES string of the molecule is CC(=O)N/C=C/SC1=C(C(=O)OCc2ccc([N+](=O)[O-])cc2)N2C(=O)[C@@H](C(C)(C)O)[C@@H]2C1. The quantitative estimate of drug-likeness (QED) is 0.260.